The molecule has 19 heavy (non-hydrogen) atoms. The van der Waals surface area contributed by atoms with E-state index in [1.54, 1.807) is 0 Å². The highest BCUT2D eigenvalue weighted by Crippen LogP contribution is 2.57. The molecule has 2 N–H and O–H groups in total. The number of rotatable bonds is 4. The normalized spacial score (nSPS) is 40.5. The highest BCUT2D eigenvalue weighted by atomic mass is 16.2. The fourth-order valence-corrected chi connectivity index (χ4v) is 5.08. The number of carbonyl (C=O) groups is 1. The van der Waals surface area contributed by atoms with Crippen LogP contribution in [0.5, 0.6) is 0 Å². The summed E-state index contributed by atoms with van der Waals surface area (Å²) >= 11 is 0. The molecule has 0 heterocycles. The smallest absolute Gasteiger partial charge is 0.226 e. The Labute approximate surface area is 117 Å². The summed E-state index contributed by atoms with van der Waals surface area (Å²) in [5.74, 6) is 2.92. The van der Waals surface area contributed by atoms with Crippen LogP contribution in [0.3, 0.4) is 0 Å². The number of hydrogen-bond donors (Lipinski definition) is 2. The van der Waals surface area contributed by atoms with Gasteiger partial charge >= 0.3 is 0 Å². The van der Waals surface area contributed by atoms with E-state index in [4.69, 9.17) is 0 Å². The van der Waals surface area contributed by atoms with Gasteiger partial charge in [0.05, 0.1) is 27.2 Å². The summed E-state index contributed by atoms with van der Waals surface area (Å²) in [6, 6.07) is 0. The maximum absolute atomic E-state index is 12.7. The molecule has 0 spiro atoms. The van der Waals surface area contributed by atoms with Gasteiger partial charge in [0.15, 0.2) is 0 Å². The molecule has 0 aromatic carbocycles. The van der Waals surface area contributed by atoms with E-state index in [0.29, 0.717) is 5.91 Å². The minimum atomic E-state index is 0.0225. The van der Waals surface area contributed by atoms with Gasteiger partial charge in [0, 0.05) is 5.41 Å². The van der Waals surface area contributed by atoms with Gasteiger partial charge in [-0.3, -0.25) is 4.79 Å². The van der Waals surface area contributed by atoms with Crippen LogP contribution in [0.2, 0.25) is 0 Å². The Balaban J connectivity index is 1.67. The lowest BCUT2D eigenvalue weighted by Gasteiger charge is -2.47. The van der Waals surface area contributed by atoms with Crippen LogP contribution >= 0.6 is 0 Å². The van der Waals surface area contributed by atoms with Crippen LogP contribution in [0.1, 0.15) is 44.9 Å². The van der Waals surface area contributed by atoms with E-state index < -0.39 is 0 Å². The van der Waals surface area contributed by atoms with E-state index in [0.717, 1.165) is 30.8 Å². The van der Waals surface area contributed by atoms with E-state index in [2.05, 4.69) is 19.4 Å². The predicted molar refractivity (Wildman–Crippen MR) is 75.9 cm³/mol. The Morgan fingerprint density at radius 2 is 1.68 bits per heavy atom. The van der Waals surface area contributed by atoms with Gasteiger partial charge in [0.1, 0.15) is 0 Å². The molecule has 4 aliphatic carbocycles. The molecule has 4 bridgehead atoms. The molecule has 3 heteroatoms. The van der Waals surface area contributed by atoms with Gasteiger partial charge in [-0.25, -0.2) is 0 Å². The summed E-state index contributed by atoms with van der Waals surface area (Å²) < 4.78 is 0. The van der Waals surface area contributed by atoms with Crippen molar-refractivity contribution in [3.63, 3.8) is 0 Å². The molecule has 0 aliphatic heterocycles. The van der Waals surface area contributed by atoms with Gasteiger partial charge in [-0.15, -0.1) is 0 Å². The summed E-state index contributed by atoms with van der Waals surface area (Å²) in [5.41, 5.74) is 0.0225. The molecule has 4 atom stereocenters. The van der Waals surface area contributed by atoms with Crippen molar-refractivity contribution in [2.45, 2.75) is 44.9 Å². The molecule has 0 aromatic rings. The van der Waals surface area contributed by atoms with Crippen LogP contribution in [0.25, 0.3) is 0 Å². The zero-order chi connectivity index (χ0) is 13.5. The largest absolute Gasteiger partial charge is 0.350 e. The molecule has 4 fully saturated rings. The molecule has 0 radical (unpaired) electrons. The number of amides is 1. The first-order chi connectivity index (χ1) is 9.07. The van der Waals surface area contributed by atoms with Crippen molar-refractivity contribution in [3.05, 3.63) is 0 Å². The fraction of sp³-hybridized carbons (Fsp3) is 0.938. The molecule has 108 valence electrons. The second kappa shape index (κ2) is 5.08. The first-order valence-electron chi connectivity index (χ1n) is 8.15. The number of quaternary nitrogens is 1. The van der Waals surface area contributed by atoms with Crippen LogP contribution in [-0.4, -0.2) is 33.1 Å². The molecular weight excluding hydrogens is 236 g/mol. The average Bonchev–Trinajstić information content (AvgIpc) is 2.55. The van der Waals surface area contributed by atoms with Crippen molar-refractivity contribution >= 4 is 5.91 Å². The van der Waals surface area contributed by atoms with Gasteiger partial charge in [0.25, 0.3) is 0 Å². The quantitative estimate of drug-likeness (QED) is 0.776. The van der Waals surface area contributed by atoms with E-state index in [9.17, 15) is 4.79 Å². The van der Waals surface area contributed by atoms with Crippen molar-refractivity contribution < 1.29 is 9.69 Å². The SMILES string of the molecule is C[NH+](C)CCNC(=O)C12CC3C[C@@H](CC[C@@H](C3)C1)C2. The van der Waals surface area contributed by atoms with E-state index in [1.165, 1.54) is 49.8 Å². The number of carbonyl (C=O) groups excluding carboxylic acids is 1. The average molecular weight is 265 g/mol. The topological polar surface area (TPSA) is 33.5 Å². The van der Waals surface area contributed by atoms with Crippen LogP contribution in [0.15, 0.2) is 0 Å². The zero-order valence-corrected chi connectivity index (χ0v) is 12.5. The second-order valence-corrected chi connectivity index (χ2v) is 7.75. The Bertz CT molecular complexity index is 337. The van der Waals surface area contributed by atoms with E-state index in [1.807, 2.05) is 0 Å². The maximum Gasteiger partial charge on any atom is 0.226 e. The summed E-state index contributed by atoms with van der Waals surface area (Å²) in [6.07, 6.45) is 9.14. The molecule has 0 saturated heterocycles. The predicted octanol–water partition coefficient (Wildman–Crippen LogP) is 0.854. The first kappa shape index (κ1) is 13.4. The summed E-state index contributed by atoms with van der Waals surface area (Å²) in [7, 11) is 4.28. The second-order valence-electron chi connectivity index (χ2n) is 7.75. The van der Waals surface area contributed by atoms with Crippen LogP contribution in [0, 0.1) is 23.2 Å². The van der Waals surface area contributed by atoms with Crippen molar-refractivity contribution in [1.29, 1.82) is 0 Å². The highest BCUT2D eigenvalue weighted by molar-refractivity contribution is 5.83. The monoisotopic (exact) mass is 265 g/mol. The molecule has 3 nitrogen and oxygen atoms in total. The van der Waals surface area contributed by atoms with E-state index >= 15 is 0 Å². The molecule has 4 rings (SSSR count). The Hall–Kier alpha value is -0.570. The standard InChI is InChI=1S/C16H28N2O/c1-18(2)6-5-17-15(19)16-9-12-3-4-13(10-16)8-14(7-12)11-16/h12-14H,3-11H2,1-2H3,(H,17,19)/p+1/t12-,13+,14?,16?. The summed E-state index contributed by atoms with van der Waals surface area (Å²) in [6.45, 7) is 1.86. The van der Waals surface area contributed by atoms with E-state index in [-0.39, 0.29) is 5.41 Å². The fourth-order valence-electron chi connectivity index (χ4n) is 5.08. The molecule has 2 unspecified atom stereocenters. The van der Waals surface area contributed by atoms with Gasteiger partial charge in [0.2, 0.25) is 5.91 Å². The third-order valence-corrected chi connectivity index (χ3v) is 5.75. The van der Waals surface area contributed by atoms with Gasteiger partial charge in [-0.2, -0.15) is 0 Å². The number of hydrogen-bond acceptors (Lipinski definition) is 1. The Kier molecular flexibility index (Phi) is 3.59. The van der Waals surface area contributed by atoms with Gasteiger partial charge < -0.3 is 10.2 Å². The Morgan fingerprint density at radius 3 is 2.26 bits per heavy atom. The van der Waals surface area contributed by atoms with Crippen LogP contribution in [0.4, 0.5) is 0 Å². The number of likely N-dealkylation sites (N-methyl/N-ethyl adjacent to an activating group) is 1. The summed E-state index contributed by atoms with van der Waals surface area (Å²) in [4.78, 5) is 14.1. The Morgan fingerprint density at radius 1 is 1.11 bits per heavy atom. The van der Waals surface area contributed by atoms with Crippen LogP contribution in [-0.2, 0) is 4.79 Å². The lowest BCUT2D eigenvalue weighted by atomic mass is 9.58. The minimum Gasteiger partial charge on any atom is -0.350 e. The van der Waals surface area contributed by atoms with Gasteiger partial charge in [-0.1, -0.05) is 12.8 Å². The third-order valence-electron chi connectivity index (χ3n) is 5.75. The van der Waals surface area contributed by atoms with Crippen molar-refractivity contribution in [3.8, 4) is 0 Å². The molecule has 4 aliphatic rings. The van der Waals surface area contributed by atoms with Crippen molar-refractivity contribution in [2.24, 2.45) is 23.2 Å². The third kappa shape index (κ3) is 2.67. The first-order valence-corrected chi connectivity index (χ1v) is 8.15. The lowest BCUT2D eigenvalue weighted by Crippen LogP contribution is -3.06. The molecule has 0 aromatic heterocycles. The van der Waals surface area contributed by atoms with Crippen molar-refractivity contribution in [2.75, 3.05) is 27.2 Å². The molecule has 1 amide bonds. The zero-order valence-electron chi connectivity index (χ0n) is 12.5. The van der Waals surface area contributed by atoms with Gasteiger partial charge in [-0.05, 0) is 49.9 Å². The number of fused-ring (bicyclic) bond motifs is 1. The highest BCUT2D eigenvalue weighted by Gasteiger charge is 2.52. The molecule has 4 saturated carbocycles. The van der Waals surface area contributed by atoms with Crippen LogP contribution < -0.4 is 10.2 Å². The number of nitrogens with one attached hydrogen (secondary N) is 2. The van der Waals surface area contributed by atoms with Crippen molar-refractivity contribution in [1.82, 2.24) is 5.32 Å². The molecular formula is C16H29N2O+. The minimum absolute atomic E-state index is 0.0225. The maximum atomic E-state index is 12.7. The lowest BCUT2D eigenvalue weighted by molar-refractivity contribution is -0.856. The summed E-state index contributed by atoms with van der Waals surface area (Å²) in [5, 5.41) is 3.24.